The van der Waals surface area contributed by atoms with Crippen LogP contribution in [0.15, 0.2) is 24.3 Å². The highest BCUT2D eigenvalue weighted by atomic mass is 35.5. The molecule has 2 rings (SSSR count). The number of nitrogens with two attached hydrogens (primary N) is 1. The molecule has 0 bridgehead atoms. The van der Waals surface area contributed by atoms with Crippen molar-refractivity contribution in [1.29, 1.82) is 0 Å². The smallest absolute Gasteiger partial charge is 0.238 e. The van der Waals surface area contributed by atoms with Crippen LogP contribution in [0.3, 0.4) is 0 Å². The average Bonchev–Trinajstić information content (AvgIpc) is 2.71. The van der Waals surface area contributed by atoms with Gasteiger partial charge in [0.25, 0.3) is 0 Å². The summed E-state index contributed by atoms with van der Waals surface area (Å²) in [7, 11) is 0. The van der Waals surface area contributed by atoms with Crippen LogP contribution >= 0.6 is 12.4 Å². The number of benzene rings is 1. The zero-order valence-corrected chi connectivity index (χ0v) is 13.0. The number of carbonyl (C=O) groups is 1. The molecule has 0 spiro atoms. The third-order valence-electron chi connectivity index (χ3n) is 3.80. The largest absolute Gasteiger partial charge is 0.330 e. The van der Waals surface area contributed by atoms with Crippen molar-refractivity contribution in [2.75, 3.05) is 31.5 Å². The SMILES string of the molecule is Cc1cccc(NC(=O)CN2CCC(C)(CN)C2)c1.Cl. The molecule has 112 valence electrons. The van der Waals surface area contributed by atoms with Crippen molar-refractivity contribution in [3.05, 3.63) is 29.8 Å². The maximum absolute atomic E-state index is 12.0. The van der Waals surface area contributed by atoms with Gasteiger partial charge < -0.3 is 11.1 Å². The van der Waals surface area contributed by atoms with Crippen molar-refractivity contribution < 1.29 is 4.79 Å². The van der Waals surface area contributed by atoms with E-state index in [9.17, 15) is 4.79 Å². The maximum atomic E-state index is 12.0. The summed E-state index contributed by atoms with van der Waals surface area (Å²) < 4.78 is 0. The predicted octanol–water partition coefficient (Wildman–Crippen LogP) is 2.03. The van der Waals surface area contributed by atoms with Gasteiger partial charge in [-0.15, -0.1) is 12.4 Å². The van der Waals surface area contributed by atoms with Crippen LogP contribution < -0.4 is 11.1 Å². The second-order valence-electron chi connectivity index (χ2n) is 5.89. The van der Waals surface area contributed by atoms with Gasteiger partial charge in [0.1, 0.15) is 0 Å². The first-order chi connectivity index (χ1) is 9.00. The molecule has 5 heteroatoms. The summed E-state index contributed by atoms with van der Waals surface area (Å²) in [4.78, 5) is 14.2. The molecule has 20 heavy (non-hydrogen) atoms. The summed E-state index contributed by atoms with van der Waals surface area (Å²) >= 11 is 0. The van der Waals surface area contributed by atoms with Crippen molar-refractivity contribution in [2.24, 2.45) is 11.1 Å². The molecule has 1 atom stereocenters. The third kappa shape index (κ3) is 4.47. The zero-order valence-electron chi connectivity index (χ0n) is 12.2. The van der Waals surface area contributed by atoms with E-state index in [4.69, 9.17) is 5.73 Å². The molecule has 1 aromatic carbocycles. The number of amides is 1. The summed E-state index contributed by atoms with van der Waals surface area (Å²) in [6.45, 7) is 7.19. The minimum absolute atomic E-state index is 0. The molecule has 1 aliphatic rings. The number of hydrogen-bond acceptors (Lipinski definition) is 3. The lowest BCUT2D eigenvalue weighted by molar-refractivity contribution is -0.117. The lowest BCUT2D eigenvalue weighted by Gasteiger charge is -2.22. The highest BCUT2D eigenvalue weighted by molar-refractivity contribution is 5.92. The van der Waals surface area contributed by atoms with Crippen molar-refractivity contribution >= 4 is 24.0 Å². The average molecular weight is 298 g/mol. The highest BCUT2D eigenvalue weighted by Gasteiger charge is 2.32. The molecule has 1 unspecified atom stereocenters. The van der Waals surface area contributed by atoms with Crippen molar-refractivity contribution in [3.8, 4) is 0 Å². The van der Waals surface area contributed by atoms with Crippen molar-refractivity contribution in [1.82, 2.24) is 4.90 Å². The van der Waals surface area contributed by atoms with Gasteiger partial charge in [-0.3, -0.25) is 9.69 Å². The molecule has 4 nitrogen and oxygen atoms in total. The molecule has 1 aromatic rings. The summed E-state index contributed by atoms with van der Waals surface area (Å²) in [5, 5.41) is 2.94. The Bertz CT molecular complexity index is 466. The van der Waals surface area contributed by atoms with E-state index in [2.05, 4.69) is 17.1 Å². The molecule has 1 aliphatic heterocycles. The summed E-state index contributed by atoms with van der Waals surface area (Å²) in [6, 6.07) is 7.86. The fourth-order valence-electron chi connectivity index (χ4n) is 2.55. The molecule has 1 heterocycles. The Morgan fingerprint density at radius 1 is 1.50 bits per heavy atom. The van der Waals surface area contributed by atoms with E-state index >= 15 is 0 Å². The molecule has 3 N–H and O–H groups in total. The Balaban J connectivity index is 0.00000200. The second-order valence-corrected chi connectivity index (χ2v) is 5.89. The number of likely N-dealkylation sites (tertiary alicyclic amines) is 1. The Morgan fingerprint density at radius 3 is 2.85 bits per heavy atom. The summed E-state index contributed by atoms with van der Waals surface area (Å²) in [6.07, 6.45) is 1.07. The molecule has 0 radical (unpaired) electrons. The van der Waals surface area contributed by atoms with Crippen molar-refractivity contribution in [2.45, 2.75) is 20.3 Å². The standard InChI is InChI=1S/C15H23N3O.ClH/c1-12-4-3-5-13(8-12)17-14(19)9-18-7-6-15(2,10-16)11-18;/h3-5,8H,6-7,9-11,16H2,1-2H3,(H,17,19);1H. The molecule has 0 aliphatic carbocycles. The molecular formula is C15H24ClN3O. The van der Waals surface area contributed by atoms with Gasteiger partial charge in [-0.1, -0.05) is 19.1 Å². The Hall–Kier alpha value is -1.10. The molecule has 1 saturated heterocycles. The van der Waals surface area contributed by atoms with E-state index in [-0.39, 0.29) is 23.7 Å². The summed E-state index contributed by atoms with van der Waals surface area (Å²) in [5.41, 5.74) is 7.96. The van der Waals surface area contributed by atoms with Gasteiger partial charge in [0.2, 0.25) is 5.91 Å². The van der Waals surface area contributed by atoms with Crippen LogP contribution in [-0.2, 0) is 4.79 Å². The van der Waals surface area contributed by atoms with Crippen LogP contribution in [0.2, 0.25) is 0 Å². The summed E-state index contributed by atoms with van der Waals surface area (Å²) in [5.74, 6) is 0.0480. The van der Waals surface area contributed by atoms with Gasteiger partial charge >= 0.3 is 0 Å². The Kier molecular flexibility index (Phi) is 5.99. The van der Waals surface area contributed by atoms with E-state index in [0.717, 1.165) is 30.8 Å². The zero-order chi connectivity index (χ0) is 13.9. The van der Waals surface area contributed by atoms with E-state index < -0.39 is 0 Å². The van der Waals surface area contributed by atoms with E-state index in [1.165, 1.54) is 0 Å². The molecular weight excluding hydrogens is 274 g/mol. The molecule has 1 fully saturated rings. The van der Waals surface area contributed by atoms with Crippen molar-refractivity contribution in [3.63, 3.8) is 0 Å². The first-order valence-electron chi connectivity index (χ1n) is 6.80. The number of carbonyl (C=O) groups excluding carboxylic acids is 1. The van der Waals surface area contributed by atoms with Crippen LogP contribution in [0, 0.1) is 12.3 Å². The Labute approximate surface area is 127 Å². The minimum Gasteiger partial charge on any atom is -0.330 e. The number of nitrogens with one attached hydrogen (secondary N) is 1. The van der Waals surface area contributed by atoms with Crippen LogP contribution in [0.5, 0.6) is 0 Å². The highest BCUT2D eigenvalue weighted by Crippen LogP contribution is 2.28. The Morgan fingerprint density at radius 2 is 2.25 bits per heavy atom. The second kappa shape index (κ2) is 7.07. The predicted molar refractivity (Wildman–Crippen MR) is 85.3 cm³/mol. The topological polar surface area (TPSA) is 58.4 Å². The van der Waals surface area contributed by atoms with Gasteiger partial charge in [-0.25, -0.2) is 0 Å². The number of nitrogens with zero attached hydrogens (tertiary/aromatic N) is 1. The van der Waals surface area contributed by atoms with Crippen LogP contribution in [0.1, 0.15) is 18.9 Å². The van der Waals surface area contributed by atoms with Crippen LogP contribution in [0.25, 0.3) is 0 Å². The van der Waals surface area contributed by atoms with Gasteiger partial charge in [-0.05, 0) is 49.5 Å². The van der Waals surface area contributed by atoms with E-state index in [0.29, 0.717) is 13.1 Å². The fraction of sp³-hybridized carbons (Fsp3) is 0.533. The lowest BCUT2D eigenvalue weighted by atomic mass is 9.90. The number of aryl methyl sites for hydroxylation is 1. The number of halogens is 1. The fourth-order valence-corrected chi connectivity index (χ4v) is 2.55. The minimum atomic E-state index is 0. The third-order valence-corrected chi connectivity index (χ3v) is 3.80. The van der Waals surface area contributed by atoms with Gasteiger partial charge in [0.05, 0.1) is 6.54 Å². The number of rotatable bonds is 4. The maximum Gasteiger partial charge on any atom is 0.238 e. The molecule has 0 aromatic heterocycles. The first-order valence-corrected chi connectivity index (χ1v) is 6.80. The quantitative estimate of drug-likeness (QED) is 0.894. The number of hydrogen-bond donors (Lipinski definition) is 2. The van der Waals surface area contributed by atoms with Gasteiger partial charge in [0, 0.05) is 12.2 Å². The molecule has 1 amide bonds. The van der Waals surface area contributed by atoms with E-state index in [1.54, 1.807) is 0 Å². The monoisotopic (exact) mass is 297 g/mol. The van der Waals surface area contributed by atoms with Crippen LogP contribution in [0.4, 0.5) is 5.69 Å². The van der Waals surface area contributed by atoms with Crippen LogP contribution in [-0.4, -0.2) is 37.0 Å². The first kappa shape index (κ1) is 17.0. The van der Waals surface area contributed by atoms with Gasteiger partial charge in [0.15, 0.2) is 0 Å². The number of anilines is 1. The van der Waals surface area contributed by atoms with Gasteiger partial charge in [-0.2, -0.15) is 0 Å². The normalized spacial score (nSPS) is 22.4. The molecule has 0 saturated carbocycles. The van der Waals surface area contributed by atoms with E-state index in [1.807, 2.05) is 31.2 Å². The lowest BCUT2D eigenvalue weighted by Crippen LogP contribution is -2.35.